The molecule has 7 heterocycles. The van der Waals surface area contributed by atoms with Crippen LogP contribution in [0, 0.1) is 23.2 Å². The van der Waals surface area contributed by atoms with E-state index in [1.165, 1.54) is 21.9 Å². The van der Waals surface area contributed by atoms with Crippen molar-refractivity contribution >= 4 is 45.7 Å². The van der Waals surface area contributed by atoms with Crippen LogP contribution < -0.4 is 15.6 Å². The first kappa shape index (κ1) is 38.2. The van der Waals surface area contributed by atoms with Crippen molar-refractivity contribution < 1.29 is 23.9 Å². The molecule has 4 aliphatic heterocycles. The van der Waals surface area contributed by atoms with Crippen molar-refractivity contribution in [1.29, 1.82) is 0 Å². The number of nitrogens with one attached hydrogen (secondary N) is 2. The number of carbonyl (C=O) groups excluding carboxylic acids is 3. The third-order valence-electron chi connectivity index (χ3n) is 12.5. The quantitative estimate of drug-likeness (QED) is 0.269. The molecule has 57 heavy (non-hydrogen) atoms. The van der Waals surface area contributed by atoms with E-state index in [-0.39, 0.29) is 36.7 Å². The lowest BCUT2D eigenvalue weighted by atomic mass is 9.84. The highest BCUT2D eigenvalue weighted by molar-refractivity contribution is 7.10. The number of carbonyl (C=O) groups is 3. The molecule has 2 N–H and O–H groups in total. The van der Waals surface area contributed by atoms with E-state index >= 15 is 0 Å². The fraction of sp³-hybridized carbons (Fsp3) is 0.558. The van der Waals surface area contributed by atoms with Gasteiger partial charge in [0.2, 0.25) is 5.91 Å². The second-order valence-corrected chi connectivity index (χ2v) is 18.7. The maximum Gasteiger partial charge on any atom is 0.324 e. The number of hydrogen-bond acceptors (Lipinski definition) is 11. The molecule has 2 amide bonds. The number of nitrogens with zero attached hydrogens (tertiary/aromatic N) is 6. The van der Waals surface area contributed by atoms with Gasteiger partial charge in [-0.15, -0.1) is 11.3 Å². The SMILES string of the molecule is C[C@H]1C[C@@H]1C(=O)N[C@H]1Cc2nc(cs2)-c2ccc3c(c2)c(c(-c2cncc(N4CCN(C)CC4)c2)n3CC2COC2)CC(C)(C)COC(=O)[C@@H]2CCCN(N2)C1=O. The fourth-order valence-electron chi connectivity index (χ4n) is 8.80. The number of fused-ring (bicyclic) bond motifs is 6. The number of esters is 1. The summed E-state index contributed by atoms with van der Waals surface area (Å²) in [6.45, 7) is 13.2. The van der Waals surface area contributed by atoms with Crippen molar-refractivity contribution in [2.45, 2.75) is 71.5 Å². The molecule has 6 bridgehead atoms. The summed E-state index contributed by atoms with van der Waals surface area (Å²) in [6.07, 6.45) is 6.89. The predicted molar refractivity (Wildman–Crippen MR) is 220 cm³/mol. The van der Waals surface area contributed by atoms with E-state index in [1.807, 2.05) is 12.4 Å². The average molecular weight is 795 g/mol. The average Bonchev–Trinajstić information content (AvgIpc) is 3.62. The molecule has 1 aromatic carbocycles. The van der Waals surface area contributed by atoms with Crippen molar-refractivity contribution in [1.82, 2.24) is 35.2 Å². The molecule has 4 atom stereocenters. The summed E-state index contributed by atoms with van der Waals surface area (Å²) in [7, 11) is 2.17. The molecule has 13 nitrogen and oxygen atoms in total. The third-order valence-corrected chi connectivity index (χ3v) is 13.3. The zero-order valence-corrected chi connectivity index (χ0v) is 34.3. The highest BCUT2D eigenvalue weighted by Crippen LogP contribution is 2.42. The molecule has 4 fully saturated rings. The Kier molecular flexibility index (Phi) is 10.3. The predicted octanol–water partition coefficient (Wildman–Crippen LogP) is 4.53. The molecule has 9 rings (SSSR count). The van der Waals surface area contributed by atoms with Crippen molar-refractivity contribution in [2.75, 3.05) is 64.5 Å². The van der Waals surface area contributed by atoms with Gasteiger partial charge in [-0.1, -0.05) is 26.8 Å². The highest BCUT2D eigenvalue weighted by Gasteiger charge is 2.42. The molecule has 1 saturated carbocycles. The van der Waals surface area contributed by atoms with E-state index < -0.39 is 17.5 Å². The Bertz CT molecular complexity index is 2170. The van der Waals surface area contributed by atoms with Crippen LogP contribution in [0.5, 0.6) is 0 Å². The lowest BCUT2D eigenvalue weighted by Gasteiger charge is -2.35. The van der Waals surface area contributed by atoms with Crippen molar-refractivity contribution in [3.63, 3.8) is 0 Å². The first-order valence-electron chi connectivity index (χ1n) is 20.6. The fourth-order valence-corrected chi connectivity index (χ4v) is 9.65. The van der Waals surface area contributed by atoms with Gasteiger partial charge in [-0.05, 0) is 62.4 Å². The summed E-state index contributed by atoms with van der Waals surface area (Å²) in [5, 5.41) is 8.51. The van der Waals surface area contributed by atoms with Gasteiger partial charge in [0.05, 0.1) is 48.1 Å². The van der Waals surface area contributed by atoms with Crippen LogP contribution in [0.4, 0.5) is 5.69 Å². The largest absolute Gasteiger partial charge is 0.464 e. The number of cyclic esters (lactones) is 1. The molecule has 5 aliphatic rings. The molecular weight excluding hydrogens is 741 g/mol. The maximum absolute atomic E-state index is 14.1. The molecule has 0 spiro atoms. The number of piperazine rings is 1. The molecule has 1 aliphatic carbocycles. The van der Waals surface area contributed by atoms with E-state index in [4.69, 9.17) is 19.4 Å². The number of hydrogen-bond donors (Lipinski definition) is 2. The molecule has 302 valence electrons. The van der Waals surface area contributed by atoms with Gasteiger partial charge in [0.25, 0.3) is 5.91 Å². The van der Waals surface area contributed by atoms with Gasteiger partial charge < -0.3 is 29.2 Å². The molecule has 3 saturated heterocycles. The molecule has 14 heteroatoms. The molecule has 3 aromatic heterocycles. The summed E-state index contributed by atoms with van der Waals surface area (Å²) >= 11 is 1.50. The van der Waals surface area contributed by atoms with Gasteiger partial charge in [-0.2, -0.15) is 0 Å². The monoisotopic (exact) mass is 794 g/mol. The van der Waals surface area contributed by atoms with Gasteiger partial charge >= 0.3 is 5.97 Å². The van der Waals surface area contributed by atoms with E-state index in [0.29, 0.717) is 37.6 Å². The Balaban J connectivity index is 1.15. The van der Waals surface area contributed by atoms with Crippen LogP contribution in [0.25, 0.3) is 33.4 Å². The minimum Gasteiger partial charge on any atom is -0.464 e. The van der Waals surface area contributed by atoms with Crippen molar-refractivity contribution in [3.8, 4) is 22.5 Å². The number of hydrazine groups is 1. The first-order valence-corrected chi connectivity index (χ1v) is 21.5. The van der Waals surface area contributed by atoms with Crippen molar-refractivity contribution in [3.05, 3.63) is 52.6 Å². The number of rotatable bonds is 6. The Morgan fingerprint density at radius 2 is 1.88 bits per heavy atom. The Morgan fingerprint density at radius 3 is 2.63 bits per heavy atom. The summed E-state index contributed by atoms with van der Waals surface area (Å²) in [5.74, 6) is -0.138. The van der Waals surface area contributed by atoms with E-state index in [0.717, 1.165) is 96.5 Å². The van der Waals surface area contributed by atoms with E-state index in [1.54, 1.807) is 0 Å². The molecule has 0 radical (unpaired) electrons. The van der Waals surface area contributed by atoms with E-state index in [9.17, 15) is 14.4 Å². The van der Waals surface area contributed by atoms with Crippen molar-refractivity contribution in [2.24, 2.45) is 23.2 Å². The number of thiazole rings is 1. The number of amides is 2. The Labute approximate surface area is 338 Å². The Hall–Kier alpha value is -4.37. The summed E-state index contributed by atoms with van der Waals surface area (Å²) in [5.41, 5.74) is 10.2. The number of aromatic nitrogens is 3. The van der Waals surface area contributed by atoms with Gasteiger partial charge in [0.15, 0.2) is 0 Å². The van der Waals surface area contributed by atoms with Crippen LogP contribution in [-0.2, 0) is 43.2 Å². The zero-order valence-electron chi connectivity index (χ0n) is 33.5. The normalized spacial score (nSPS) is 25.8. The number of likely N-dealkylation sites (N-methyl/N-ethyl adjacent to an activating group) is 1. The number of ether oxygens (including phenoxy) is 2. The molecule has 0 unspecified atom stereocenters. The minimum absolute atomic E-state index is 0.0851. The Morgan fingerprint density at radius 1 is 1.07 bits per heavy atom. The maximum atomic E-state index is 14.1. The number of pyridine rings is 1. The van der Waals surface area contributed by atoms with Gasteiger partial charge in [0.1, 0.15) is 12.1 Å². The lowest BCUT2D eigenvalue weighted by molar-refractivity contribution is -0.155. The van der Waals surface area contributed by atoms with Gasteiger partial charge in [0, 0.05) is 96.5 Å². The van der Waals surface area contributed by atoms with Crippen LogP contribution >= 0.6 is 11.3 Å². The summed E-state index contributed by atoms with van der Waals surface area (Å²) in [6, 6.07) is 7.41. The summed E-state index contributed by atoms with van der Waals surface area (Å²) < 4.78 is 14.3. The topological polar surface area (TPSA) is 134 Å². The second-order valence-electron chi connectivity index (χ2n) is 17.8. The summed E-state index contributed by atoms with van der Waals surface area (Å²) in [4.78, 5) is 55.8. The van der Waals surface area contributed by atoms with Crippen LogP contribution in [0.1, 0.15) is 50.6 Å². The van der Waals surface area contributed by atoms with Crippen LogP contribution in [0.3, 0.4) is 0 Å². The first-order chi connectivity index (χ1) is 27.5. The number of benzene rings is 1. The van der Waals surface area contributed by atoms with Crippen LogP contribution in [0.15, 0.2) is 42.0 Å². The lowest BCUT2D eigenvalue weighted by Crippen LogP contribution is -2.60. The number of anilines is 1. The van der Waals surface area contributed by atoms with E-state index in [2.05, 4.69) is 82.6 Å². The smallest absolute Gasteiger partial charge is 0.324 e. The zero-order chi connectivity index (χ0) is 39.4. The molecule has 4 aromatic rings. The highest BCUT2D eigenvalue weighted by atomic mass is 32.1. The standard InChI is InChI=1S/C43H54N8O5S/c1-26-14-31(26)40(52)46-35-17-38-45-36(24-57-38)28-7-8-37-32(16-28)33(18-43(2,3)25-56-42(54)34-6-5-9-51(47-34)41(35)53)39(50(37)21-27-22-55-23-27)29-15-30(20-44-19-29)49-12-10-48(4)11-13-49/h7-8,15-16,19-20,24,26-27,31,34-35,47H,5-6,9-14,17-18,21-23,25H2,1-4H3,(H,46,52)/t26-,31-,34-,35-/m0/s1. The van der Waals surface area contributed by atoms with Crippen LogP contribution in [-0.4, -0.2) is 114 Å². The van der Waals surface area contributed by atoms with Gasteiger partial charge in [-0.3, -0.25) is 24.4 Å². The van der Waals surface area contributed by atoms with Gasteiger partial charge in [-0.25, -0.2) is 10.4 Å². The second kappa shape index (κ2) is 15.4. The minimum atomic E-state index is -0.819. The third kappa shape index (κ3) is 7.93. The molecular formula is C43H54N8O5S. The van der Waals surface area contributed by atoms with Crippen LogP contribution in [0.2, 0.25) is 0 Å².